The first-order valence-corrected chi connectivity index (χ1v) is 12.0. The molecule has 0 aliphatic heterocycles. The van der Waals surface area contributed by atoms with Gasteiger partial charge in [-0.25, -0.2) is 13.1 Å². The standard InChI is InChI=1S/C20H31BrClNO4S/c1-8-13(3)17(18(24)27-9-2)20(7,23-28(25,26)19(4,5)6)14-10-11-15(21)16(22)12-14/h10-13,17,23H,8-9H2,1-7H3/t13?,17?,20-/m0/s1. The Morgan fingerprint density at radius 1 is 1.25 bits per heavy atom. The first-order chi connectivity index (χ1) is 12.7. The summed E-state index contributed by atoms with van der Waals surface area (Å²) in [5.41, 5.74) is -0.634. The quantitative estimate of drug-likeness (QED) is 0.498. The number of carbonyl (C=O) groups excluding carboxylic acids is 1. The fraction of sp³-hybridized carbons (Fsp3) is 0.650. The van der Waals surface area contributed by atoms with Crippen molar-refractivity contribution in [2.75, 3.05) is 6.61 Å². The number of carbonyl (C=O) groups is 1. The minimum atomic E-state index is -3.77. The van der Waals surface area contributed by atoms with Crippen molar-refractivity contribution in [2.45, 2.75) is 65.2 Å². The molecule has 0 aromatic heterocycles. The van der Waals surface area contributed by atoms with Crippen LogP contribution >= 0.6 is 27.5 Å². The first kappa shape index (κ1) is 25.4. The summed E-state index contributed by atoms with van der Waals surface area (Å²) in [6.07, 6.45) is 0.681. The largest absolute Gasteiger partial charge is 0.466 e. The van der Waals surface area contributed by atoms with Crippen molar-refractivity contribution in [1.29, 1.82) is 0 Å². The molecular weight excluding hydrogens is 466 g/mol. The Kier molecular flexibility index (Phi) is 8.58. The predicted octanol–water partition coefficient (Wildman–Crippen LogP) is 5.26. The summed E-state index contributed by atoms with van der Waals surface area (Å²) in [7, 11) is -3.77. The topological polar surface area (TPSA) is 72.5 Å². The van der Waals surface area contributed by atoms with Gasteiger partial charge < -0.3 is 4.74 Å². The Hall–Kier alpha value is -0.630. The van der Waals surface area contributed by atoms with Crippen LogP contribution in [0.4, 0.5) is 0 Å². The van der Waals surface area contributed by atoms with Crippen LogP contribution < -0.4 is 4.72 Å². The van der Waals surface area contributed by atoms with Gasteiger partial charge in [-0.15, -0.1) is 0 Å². The number of benzene rings is 1. The van der Waals surface area contributed by atoms with Crippen LogP contribution in [0.2, 0.25) is 5.02 Å². The lowest BCUT2D eigenvalue weighted by molar-refractivity contribution is -0.153. The summed E-state index contributed by atoms with van der Waals surface area (Å²) in [5.74, 6) is -1.30. The van der Waals surface area contributed by atoms with E-state index in [0.29, 0.717) is 21.5 Å². The number of halogens is 2. The maximum atomic E-state index is 13.1. The monoisotopic (exact) mass is 495 g/mol. The van der Waals surface area contributed by atoms with Crippen molar-refractivity contribution >= 4 is 43.5 Å². The molecule has 1 aromatic carbocycles. The smallest absolute Gasteiger partial charge is 0.311 e. The molecule has 0 spiro atoms. The second kappa shape index (κ2) is 9.45. The molecule has 0 amide bonds. The fourth-order valence-electron chi connectivity index (χ4n) is 3.06. The molecule has 3 atom stereocenters. The lowest BCUT2D eigenvalue weighted by Crippen LogP contribution is -2.57. The van der Waals surface area contributed by atoms with Crippen LogP contribution in [-0.2, 0) is 25.1 Å². The van der Waals surface area contributed by atoms with Crippen molar-refractivity contribution in [1.82, 2.24) is 4.72 Å². The lowest BCUT2D eigenvalue weighted by atomic mass is 9.73. The zero-order valence-corrected chi connectivity index (χ0v) is 20.8. The van der Waals surface area contributed by atoms with E-state index < -0.39 is 32.2 Å². The van der Waals surface area contributed by atoms with Gasteiger partial charge in [0.1, 0.15) is 0 Å². The molecule has 8 heteroatoms. The van der Waals surface area contributed by atoms with Crippen molar-refractivity contribution in [3.05, 3.63) is 33.3 Å². The Bertz CT molecular complexity index is 807. The van der Waals surface area contributed by atoms with Crippen molar-refractivity contribution in [2.24, 2.45) is 11.8 Å². The van der Waals surface area contributed by atoms with E-state index in [1.807, 2.05) is 13.8 Å². The minimum absolute atomic E-state index is 0.130. The average molecular weight is 497 g/mol. The molecule has 5 nitrogen and oxygen atoms in total. The SMILES string of the molecule is CCOC(=O)C(C(C)CC)[C@@](C)(NS(=O)(=O)C(C)(C)C)c1ccc(Br)c(Cl)c1. The number of esters is 1. The number of sulfonamides is 1. The maximum Gasteiger partial charge on any atom is 0.311 e. The van der Waals surface area contributed by atoms with Crippen molar-refractivity contribution in [3.63, 3.8) is 0 Å². The molecule has 1 aromatic rings. The van der Waals surface area contributed by atoms with Crippen LogP contribution in [-0.4, -0.2) is 25.7 Å². The van der Waals surface area contributed by atoms with Gasteiger partial charge in [-0.1, -0.05) is 37.9 Å². The third kappa shape index (κ3) is 5.49. The van der Waals surface area contributed by atoms with Crippen molar-refractivity contribution < 1.29 is 17.9 Å². The Balaban J connectivity index is 3.73. The number of nitrogens with one attached hydrogen (secondary N) is 1. The number of ether oxygens (including phenoxy) is 1. The van der Waals surface area contributed by atoms with E-state index in [1.165, 1.54) is 0 Å². The minimum Gasteiger partial charge on any atom is -0.466 e. The highest BCUT2D eigenvalue weighted by Gasteiger charge is 2.48. The van der Waals surface area contributed by atoms with Gasteiger partial charge in [-0.05, 0) is 74.2 Å². The fourth-order valence-corrected chi connectivity index (χ4v) is 4.59. The lowest BCUT2D eigenvalue weighted by Gasteiger charge is -2.41. The summed E-state index contributed by atoms with van der Waals surface area (Å²) in [6, 6.07) is 5.21. The number of rotatable bonds is 8. The molecule has 0 aliphatic rings. The molecule has 28 heavy (non-hydrogen) atoms. The van der Waals surface area contributed by atoms with Crippen LogP contribution in [0.3, 0.4) is 0 Å². The molecule has 0 aliphatic carbocycles. The van der Waals surface area contributed by atoms with Gasteiger partial charge >= 0.3 is 5.97 Å². The normalized spacial score (nSPS) is 16.9. The third-order valence-electron chi connectivity index (χ3n) is 5.05. The summed E-state index contributed by atoms with van der Waals surface area (Å²) in [4.78, 5) is 13.0. The van der Waals surface area contributed by atoms with E-state index in [0.717, 1.165) is 0 Å². The van der Waals surface area contributed by atoms with Crippen molar-refractivity contribution in [3.8, 4) is 0 Å². The zero-order valence-electron chi connectivity index (χ0n) is 17.6. The summed E-state index contributed by atoms with van der Waals surface area (Å²) < 4.78 is 34.0. The molecule has 0 saturated carbocycles. The first-order valence-electron chi connectivity index (χ1n) is 9.36. The van der Waals surface area contributed by atoms with E-state index in [9.17, 15) is 13.2 Å². The second-order valence-corrected chi connectivity index (χ2v) is 11.9. The molecule has 1 N–H and O–H groups in total. The summed E-state index contributed by atoms with van der Waals surface area (Å²) in [6.45, 7) is 12.4. The highest BCUT2D eigenvalue weighted by Crippen LogP contribution is 2.40. The molecular formula is C20H31BrClNO4S. The second-order valence-electron chi connectivity index (χ2n) is 8.16. The van der Waals surface area contributed by atoms with Gasteiger partial charge in [-0.2, -0.15) is 0 Å². The Morgan fingerprint density at radius 3 is 2.25 bits per heavy atom. The highest BCUT2D eigenvalue weighted by atomic mass is 79.9. The molecule has 0 heterocycles. The van der Waals surface area contributed by atoms with E-state index in [-0.39, 0.29) is 12.5 Å². The van der Waals surface area contributed by atoms with E-state index in [4.69, 9.17) is 16.3 Å². The van der Waals surface area contributed by atoms with Gasteiger partial charge in [-0.3, -0.25) is 4.79 Å². The van der Waals surface area contributed by atoms with Gasteiger partial charge in [0.25, 0.3) is 0 Å². The molecule has 0 radical (unpaired) electrons. The Labute approximate surface area is 182 Å². The van der Waals surface area contributed by atoms with Crippen LogP contribution in [0.25, 0.3) is 0 Å². The van der Waals surface area contributed by atoms with E-state index in [2.05, 4.69) is 20.7 Å². The maximum absolute atomic E-state index is 13.1. The highest BCUT2D eigenvalue weighted by molar-refractivity contribution is 9.10. The molecule has 1 rings (SSSR count). The molecule has 0 bridgehead atoms. The third-order valence-corrected chi connectivity index (χ3v) is 8.58. The number of hydrogen-bond donors (Lipinski definition) is 1. The van der Waals surface area contributed by atoms with Gasteiger partial charge in [0.05, 0.1) is 27.8 Å². The van der Waals surface area contributed by atoms with Crippen LogP contribution in [0.1, 0.15) is 60.5 Å². The number of hydrogen-bond acceptors (Lipinski definition) is 4. The molecule has 0 saturated heterocycles. The predicted molar refractivity (Wildman–Crippen MR) is 118 cm³/mol. The molecule has 160 valence electrons. The van der Waals surface area contributed by atoms with Gasteiger partial charge in [0.15, 0.2) is 0 Å². The van der Waals surface area contributed by atoms with E-state index >= 15 is 0 Å². The van der Waals surface area contributed by atoms with Crippen LogP contribution in [0.15, 0.2) is 22.7 Å². The Morgan fingerprint density at radius 2 is 1.82 bits per heavy atom. The summed E-state index contributed by atoms with van der Waals surface area (Å²) in [5, 5.41) is 0.436. The van der Waals surface area contributed by atoms with Gasteiger partial charge in [0.2, 0.25) is 10.0 Å². The zero-order chi connectivity index (χ0) is 21.9. The van der Waals surface area contributed by atoms with E-state index in [1.54, 1.807) is 52.8 Å². The average Bonchev–Trinajstić information content (AvgIpc) is 2.55. The van der Waals surface area contributed by atoms with Gasteiger partial charge in [0, 0.05) is 4.47 Å². The molecule has 2 unspecified atom stereocenters. The summed E-state index contributed by atoms with van der Waals surface area (Å²) >= 11 is 9.66. The van der Waals surface area contributed by atoms with Crippen LogP contribution in [0.5, 0.6) is 0 Å². The molecule has 0 fully saturated rings. The van der Waals surface area contributed by atoms with Crippen LogP contribution in [0, 0.1) is 11.8 Å².